The van der Waals surface area contributed by atoms with Crippen LogP contribution in [0.1, 0.15) is 5.76 Å². The van der Waals surface area contributed by atoms with Crippen molar-refractivity contribution in [3.8, 4) is 17.2 Å². The summed E-state index contributed by atoms with van der Waals surface area (Å²) in [6, 6.07) is 4.97. The van der Waals surface area contributed by atoms with Crippen LogP contribution in [0.2, 0.25) is 0 Å². The van der Waals surface area contributed by atoms with Gasteiger partial charge in [-0.1, -0.05) is 17.3 Å². The fourth-order valence-corrected chi connectivity index (χ4v) is 4.85. The van der Waals surface area contributed by atoms with Gasteiger partial charge in [0.1, 0.15) is 11.4 Å². The predicted molar refractivity (Wildman–Crippen MR) is 112 cm³/mol. The Labute approximate surface area is 184 Å². The molecule has 32 heavy (non-hydrogen) atoms. The van der Waals surface area contributed by atoms with Crippen LogP contribution in [-0.4, -0.2) is 56.6 Å². The summed E-state index contributed by atoms with van der Waals surface area (Å²) in [6.45, 7) is 2.04. The van der Waals surface area contributed by atoms with Gasteiger partial charge in [-0.3, -0.25) is 14.5 Å². The Morgan fingerprint density at radius 2 is 1.91 bits per heavy atom. The van der Waals surface area contributed by atoms with Gasteiger partial charge in [-0.05, 0) is 6.92 Å². The molecule has 2 fully saturated rings. The van der Waals surface area contributed by atoms with E-state index in [2.05, 4.69) is 10.5 Å². The van der Waals surface area contributed by atoms with Crippen LogP contribution in [0.4, 0.5) is 11.5 Å². The largest absolute Gasteiger partial charge is 0.493 e. The van der Waals surface area contributed by atoms with Crippen molar-refractivity contribution in [1.29, 1.82) is 0 Å². The number of anilines is 2. The van der Waals surface area contributed by atoms with Gasteiger partial charge in [-0.2, -0.15) is 0 Å². The average molecular weight is 441 g/mol. The lowest BCUT2D eigenvalue weighted by atomic mass is 9.77. The van der Waals surface area contributed by atoms with Crippen LogP contribution >= 0.6 is 0 Å². The number of fused-ring (bicyclic) bond motifs is 1. The molecule has 1 N–H and O–H groups in total. The van der Waals surface area contributed by atoms with Crippen LogP contribution in [-0.2, 0) is 14.3 Å². The number of hydrogen-bond acceptors (Lipinski definition) is 8. The molecule has 4 atom stereocenters. The Morgan fingerprint density at radius 1 is 1.19 bits per heavy atom. The van der Waals surface area contributed by atoms with E-state index in [9.17, 15) is 9.59 Å². The first-order valence-electron chi connectivity index (χ1n) is 10.1. The highest BCUT2D eigenvalue weighted by Crippen LogP contribution is 2.53. The highest BCUT2D eigenvalue weighted by molar-refractivity contribution is 6.05. The molecule has 0 aliphatic carbocycles. The van der Waals surface area contributed by atoms with Gasteiger partial charge in [0.15, 0.2) is 17.3 Å². The van der Waals surface area contributed by atoms with Crippen LogP contribution in [0.25, 0.3) is 0 Å². The number of nitrogens with zero attached hydrogens (tertiary/aromatic N) is 2. The van der Waals surface area contributed by atoms with Crippen molar-refractivity contribution < 1.29 is 33.1 Å². The van der Waals surface area contributed by atoms with Gasteiger partial charge in [0.2, 0.25) is 17.6 Å². The van der Waals surface area contributed by atoms with E-state index in [4.69, 9.17) is 23.5 Å². The van der Waals surface area contributed by atoms with Crippen molar-refractivity contribution in [3.63, 3.8) is 0 Å². The van der Waals surface area contributed by atoms with Crippen LogP contribution in [0, 0.1) is 18.8 Å². The zero-order valence-electron chi connectivity index (χ0n) is 18.1. The van der Waals surface area contributed by atoms with Gasteiger partial charge in [0.25, 0.3) is 0 Å². The summed E-state index contributed by atoms with van der Waals surface area (Å²) in [7, 11) is 4.50. The number of amides is 2. The maximum absolute atomic E-state index is 13.3. The number of benzene rings is 1. The molecule has 168 valence electrons. The number of rotatable bonds is 6. The highest BCUT2D eigenvalue weighted by atomic mass is 16.5. The minimum absolute atomic E-state index is 0.213. The number of nitrogens with one attached hydrogen (secondary N) is 1. The Balaban J connectivity index is 1.43. The molecule has 2 bridgehead atoms. The minimum Gasteiger partial charge on any atom is -0.493 e. The van der Waals surface area contributed by atoms with Gasteiger partial charge < -0.3 is 28.8 Å². The second kappa shape index (κ2) is 7.27. The molecule has 2 amide bonds. The lowest BCUT2D eigenvalue weighted by Gasteiger charge is -2.23. The normalized spacial score (nSPS) is 27.6. The molecule has 10 heteroatoms. The number of ether oxygens (including phenoxy) is 4. The Morgan fingerprint density at radius 3 is 2.50 bits per heavy atom. The molecule has 1 spiro atoms. The summed E-state index contributed by atoms with van der Waals surface area (Å²) in [5.41, 5.74) is -0.397. The molecule has 4 heterocycles. The van der Waals surface area contributed by atoms with Gasteiger partial charge in [0, 0.05) is 23.9 Å². The predicted octanol–water partition coefficient (Wildman–Crippen LogP) is 1.93. The standard InChI is InChI=1S/C22H23N3O7/c1-11-7-16(24-32-11)25-10-22-6-5-13(31-22)17(18(22)21(25)27)20(26)23-12-8-14(28-2)19(30-4)15(9-12)29-3/h5-9,13,17-18H,10H2,1-4H3,(H,23,26)/t13-,17?,18?,22-/m0/s1. The fraction of sp³-hybridized carbons (Fsp3) is 0.409. The van der Waals surface area contributed by atoms with Gasteiger partial charge in [0.05, 0.1) is 45.8 Å². The molecule has 2 unspecified atom stereocenters. The summed E-state index contributed by atoms with van der Waals surface area (Å²) in [4.78, 5) is 28.2. The van der Waals surface area contributed by atoms with Crippen molar-refractivity contribution in [3.05, 3.63) is 36.1 Å². The molecule has 0 radical (unpaired) electrons. The summed E-state index contributed by atoms with van der Waals surface area (Å²) in [5, 5.41) is 6.84. The lowest BCUT2D eigenvalue weighted by Crippen LogP contribution is -2.41. The third-order valence-electron chi connectivity index (χ3n) is 6.23. The SMILES string of the molecule is COc1cc(NC(=O)C2C3C(=O)N(c4cc(C)on4)C[C@@]34C=C[C@@H]2O4)cc(OC)c1OC. The second-order valence-electron chi connectivity index (χ2n) is 8.02. The van der Waals surface area contributed by atoms with Crippen molar-refractivity contribution >= 4 is 23.3 Å². The van der Waals surface area contributed by atoms with E-state index in [0.717, 1.165) is 0 Å². The molecule has 5 rings (SSSR count). The zero-order chi connectivity index (χ0) is 22.6. The van der Waals surface area contributed by atoms with Gasteiger partial charge >= 0.3 is 0 Å². The fourth-order valence-electron chi connectivity index (χ4n) is 4.85. The van der Waals surface area contributed by atoms with E-state index in [1.54, 1.807) is 25.1 Å². The molecule has 10 nitrogen and oxygen atoms in total. The van der Waals surface area contributed by atoms with E-state index in [0.29, 0.717) is 34.5 Å². The van der Waals surface area contributed by atoms with E-state index < -0.39 is 23.5 Å². The van der Waals surface area contributed by atoms with Crippen LogP contribution < -0.4 is 24.4 Å². The molecule has 1 aromatic heterocycles. The van der Waals surface area contributed by atoms with E-state index in [-0.39, 0.29) is 18.4 Å². The van der Waals surface area contributed by atoms with Crippen molar-refractivity contribution in [2.75, 3.05) is 38.1 Å². The van der Waals surface area contributed by atoms with Crippen molar-refractivity contribution in [2.45, 2.75) is 18.6 Å². The Kier molecular flexibility index (Phi) is 4.63. The number of aromatic nitrogens is 1. The van der Waals surface area contributed by atoms with Crippen LogP contribution in [0.3, 0.4) is 0 Å². The second-order valence-corrected chi connectivity index (χ2v) is 8.02. The topological polar surface area (TPSA) is 112 Å². The average Bonchev–Trinajstić information content (AvgIpc) is 3.53. The molecule has 3 aliphatic heterocycles. The molecular weight excluding hydrogens is 418 g/mol. The van der Waals surface area contributed by atoms with E-state index in [1.165, 1.54) is 26.2 Å². The van der Waals surface area contributed by atoms with Crippen LogP contribution in [0.5, 0.6) is 17.2 Å². The van der Waals surface area contributed by atoms with Gasteiger partial charge in [-0.15, -0.1) is 0 Å². The zero-order valence-corrected chi connectivity index (χ0v) is 18.1. The van der Waals surface area contributed by atoms with E-state index >= 15 is 0 Å². The summed E-state index contributed by atoms with van der Waals surface area (Å²) < 4.78 is 27.3. The van der Waals surface area contributed by atoms with Crippen molar-refractivity contribution in [1.82, 2.24) is 5.16 Å². The highest BCUT2D eigenvalue weighted by Gasteiger charge is 2.67. The first-order chi connectivity index (χ1) is 15.4. The minimum atomic E-state index is -0.855. The Hall–Kier alpha value is -3.53. The molecule has 2 aromatic rings. The lowest BCUT2D eigenvalue weighted by molar-refractivity contribution is -0.128. The smallest absolute Gasteiger partial charge is 0.235 e. The summed E-state index contributed by atoms with van der Waals surface area (Å²) >= 11 is 0. The van der Waals surface area contributed by atoms with E-state index in [1.807, 2.05) is 12.2 Å². The maximum atomic E-state index is 13.3. The first-order valence-corrected chi connectivity index (χ1v) is 10.1. The molecule has 0 saturated carbocycles. The first kappa shape index (κ1) is 20.4. The molecule has 3 aliphatic rings. The Bertz CT molecular complexity index is 1100. The van der Waals surface area contributed by atoms with Crippen molar-refractivity contribution in [2.24, 2.45) is 11.8 Å². The summed E-state index contributed by atoms with van der Waals surface area (Å²) in [6.07, 6.45) is 3.25. The monoisotopic (exact) mass is 441 g/mol. The number of aryl methyl sites for hydroxylation is 1. The quantitative estimate of drug-likeness (QED) is 0.677. The number of carbonyl (C=O) groups excluding carboxylic acids is 2. The number of carbonyl (C=O) groups is 2. The maximum Gasteiger partial charge on any atom is 0.235 e. The number of hydrogen-bond donors (Lipinski definition) is 1. The molecule has 1 aromatic carbocycles. The third-order valence-corrected chi connectivity index (χ3v) is 6.23. The molecule has 2 saturated heterocycles. The summed E-state index contributed by atoms with van der Waals surface area (Å²) in [5.74, 6) is 0.366. The third kappa shape index (κ3) is 2.86. The van der Waals surface area contributed by atoms with Crippen LogP contribution in [0.15, 0.2) is 34.9 Å². The van der Waals surface area contributed by atoms with Gasteiger partial charge in [-0.25, -0.2) is 0 Å². The molecular formula is C22H23N3O7. The number of methoxy groups -OCH3 is 3.